The van der Waals surface area contributed by atoms with E-state index in [2.05, 4.69) is 10.5 Å². The third-order valence-electron chi connectivity index (χ3n) is 4.59. The van der Waals surface area contributed by atoms with Crippen LogP contribution in [0.2, 0.25) is 0 Å². The average molecular weight is 416 g/mol. The molecule has 1 saturated heterocycles. The summed E-state index contributed by atoms with van der Waals surface area (Å²) >= 11 is 0. The van der Waals surface area contributed by atoms with Crippen LogP contribution >= 0.6 is 0 Å². The van der Waals surface area contributed by atoms with Gasteiger partial charge < -0.3 is 19.1 Å². The molecule has 0 bridgehead atoms. The minimum atomic E-state index is -0.282. The molecule has 2 N–H and O–H groups in total. The van der Waals surface area contributed by atoms with E-state index in [1.54, 1.807) is 30.5 Å². The summed E-state index contributed by atoms with van der Waals surface area (Å²) in [6.45, 7) is 6.06. The highest BCUT2D eigenvalue weighted by atomic mass is 19.1. The van der Waals surface area contributed by atoms with Gasteiger partial charge in [-0.25, -0.2) is 9.82 Å². The summed E-state index contributed by atoms with van der Waals surface area (Å²) in [5.74, 6) is 0.745. The van der Waals surface area contributed by atoms with Gasteiger partial charge in [-0.05, 0) is 48.4 Å². The van der Waals surface area contributed by atoms with E-state index in [-0.39, 0.29) is 11.7 Å². The Bertz CT molecular complexity index is 852. The number of nitrogens with zero attached hydrogens (tertiary/aromatic N) is 1. The number of hydrogen-bond donors (Lipinski definition) is 2. The van der Waals surface area contributed by atoms with E-state index in [4.69, 9.17) is 14.2 Å². The molecule has 0 aliphatic carbocycles. The van der Waals surface area contributed by atoms with Crippen molar-refractivity contribution in [3.8, 4) is 11.5 Å². The molecule has 30 heavy (non-hydrogen) atoms. The fourth-order valence-corrected chi connectivity index (χ4v) is 3.02. The molecule has 1 amide bonds. The molecular formula is C22H27FN3O4+. The molecule has 2 aromatic rings. The van der Waals surface area contributed by atoms with E-state index in [0.29, 0.717) is 44.5 Å². The second-order valence-corrected chi connectivity index (χ2v) is 6.89. The van der Waals surface area contributed by atoms with E-state index in [0.717, 1.165) is 24.2 Å². The predicted molar refractivity (Wildman–Crippen MR) is 110 cm³/mol. The zero-order valence-electron chi connectivity index (χ0n) is 17.0. The molecule has 0 radical (unpaired) electrons. The first-order valence-electron chi connectivity index (χ1n) is 10.0. The Labute approximate surface area is 175 Å². The van der Waals surface area contributed by atoms with Crippen molar-refractivity contribution < 1.29 is 28.3 Å². The lowest BCUT2D eigenvalue weighted by Crippen LogP contribution is -3.15. The molecule has 0 spiro atoms. The topological polar surface area (TPSA) is 73.6 Å². The van der Waals surface area contributed by atoms with Crippen LogP contribution < -0.4 is 19.8 Å². The predicted octanol–water partition coefficient (Wildman–Crippen LogP) is 1.17. The Morgan fingerprint density at radius 1 is 1.17 bits per heavy atom. The highest BCUT2D eigenvalue weighted by Crippen LogP contribution is 2.28. The summed E-state index contributed by atoms with van der Waals surface area (Å²) < 4.78 is 29.8. The van der Waals surface area contributed by atoms with Crippen molar-refractivity contribution in [2.75, 3.05) is 39.5 Å². The van der Waals surface area contributed by atoms with Gasteiger partial charge in [-0.3, -0.25) is 4.79 Å². The third kappa shape index (κ3) is 6.82. The maximum absolute atomic E-state index is 13.0. The fraction of sp³-hybridized carbons (Fsp3) is 0.364. The molecule has 1 heterocycles. The van der Waals surface area contributed by atoms with Crippen molar-refractivity contribution in [1.29, 1.82) is 0 Å². The number of hydrazone groups is 1. The summed E-state index contributed by atoms with van der Waals surface area (Å²) in [5.41, 5.74) is 4.19. The van der Waals surface area contributed by atoms with E-state index in [1.165, 1.54) is 17.0 Å². The molecule has 0 aromatic heterocycles. The van der Waals surface area contributed by atoms with Gasteiger partial charge in [0, 0.05) is 0 Å². The van der Waals surface area contributed by atoms with Gasteiger partial charge in [0.05, 0.1) is 26.0 Å². The molecule has 0 atom stereocenters. The lowest BCUT2D eigenvalue weighted by atomic mass is 10.2. The number of rotatable bonds is 9. The largest absolute Gasteiger partial charge is 0.490 e. The molecule has 3 rings (SSSR count). The Morgan fingerprint density at radius 2 is 1.93 bits per heavy atom. The first-order chi connectivity index (χ1) is 14.6. The number of amides is 1. The standard InChI is InChI=1S/C22H26FN3O4/c1-2-29-21-13-18(14-24-25-22(27)15-26-9-11-28-12-10-26)5-8-20(21)30-16-17-3-6-19(23)7-4-17/h3-8,13-14H,2,9-12,15-16H2,1H3,(H,25,27)/p+1. The van der Waals surface area contributed by atoms with Crippen LogP contribution in [0.4, 0.5) is 4.39 Å². The van der Waals surface area contributed by atoms with Crippen molar-refractivity contribution in [3.05, 3.63) is 59.4 Å². The number of carbonyl (C=O) groups excluding carboxylic acids is 1. The number of morpholine rings is 1. The number of ether oxygens (including phenoxy) is 3. The van der Waals surface area contributed by atoms with Crippen molar-refractivity contribution in [2.45, 2.75) is 13.5 Å². The average Bonchev–Trinajstić information content (AvgIpc) is 2.75. The van der Waals surface area contributed by atoms with Crippen molar-refractivity contribution in [1.82, 2.24) is 5.43 Å². The summed E-state index contributed by atoms with van der Waals surface area (Å²) in [6.07, 6.45) is 1.57. The quantitative estimate of drug-likeness (QED) is 0.476. The minimum absolute atomic E-state index is 0.132. The van der Waals surface area contributed by atoms with E-state index >= 15 is 0 Å². The van der Waals surface area contributed by atoms with Gasteiger partial charge in [0.2, 0.25) is 0 Å². The van der Waals surface area contributed by atoms with Gasteiger partial charge in [-0.2, -0.15) is 5.10 Å². The second-order valence-electron chi connectivity index (χ2n) is 6.89. The monoisotopic (exact) mass is 416 g/mol. The number of benzene rings is 2. The number of quaternary nitrogens is 1. The van der Waals surface area contributed by atoms with Crippen LogP contribution in [0.15, 0.2) is 47.6 Å². The first kappa shape index (κ1) is 21.7. The summed E-state index contributed by atoms with van der Waals surface area (Å²) in [5, 5.41) is 4.04. The zero-order valence-corrected chi connectivity index (χ0v) is 17.0. The fourth-order valence-electron chi connectivity index (χ4n) is 3.02. The smallest absolute Gasteiger partial charge is 0.295 e. The Kier molecular flexibility index (Phi) is 8.17. The summed E-state index contributed by atoms with van der Waals surface area (Å²) in [4.78, 5) is 13.2. The van der Waals surface area contributed by atoms with Crippen LogP contribution in [0.1, 0.15) is 18.1 Å². The first-order valence-corrected chi connectivity index (χ1v) is 10.0. The normalized spacial score (nSPS) is 14.6. The van der Waals surface area contributed by atoms with Crippen LogP contribution in [-0.2, 0) is 16.1 Å². The third-order valence-corrected chi connectivity index (χ3v) is 4.59. The summed E-state index contributed by atoms with van der Waals surface area (Å²) in [6, 6.07) is 11.6. The molecule has 0 saturated carbocycles. The van der Waals surface area contributed by atoms with Crippen molar-refractivity contribution in [2.24, 2.45) is 5.10 Å². The van der Waals surface area contributed by atoms with Crippen molar-refractivity contribution in [3.63, 3.8) is 0 Å². The SMILES string of the molecule is CCOc1cc(C=NNC(=O)C[NH+]2CCOCC2)ccc1OCc1ccc(F)cc1. The number of nitrogens with one attached hydrogen (secondary N) is 2. The molecule has 8 heteroatoms. The van der Waals surface area contributed by atoms with Gasteiger partial charge >= 0.3 is 0 Å². The Balaban J connectivity index is 1.55. The highest BCUT2D eigenvalue weighted by molar-refractivity contribution is 5.83. The van der Waals surface area contributed by atoms with Gasteiger partial charge in [-0.15, -0.1) is 0 Å². The molecular weight excluding hydrogens is 389 g/mol. The Morgan fingerprint density at radius 3 is 2.67 bits per heavy atom. The van der Waals surface area contributed by atoms with Crippen molar-refractivity contribution >= 4 is 12.1 Å². The van der Waals surface area contributed by atoms with E-state index < -0.39 is 0 Å². The van der Waals surface area contributed by atoms with Gasteiger partial charge in [-0.1, -0.05) is 12.1 Å². The molecule has 1 aliphatic rings. The molecule has 2 aromatic carbocycles. The number of hydrogen-bond acceptors (Lipinski definition) is 5. The maximum Gasteiger partial charge on any atom is 0.295 e. The van der Waals surface area contributed by atoms with Gasteiger partial charge in [0.15, 0.2) is 18.0 Å². The van der Waals surface area contributed by atoms with Crippen LogP contribution in [0.5, 0.6) is 11.5 Å². The molecule has 1 aliphatic heterocycles. The van der Waals surface area contributed by atoms with Crippen LogP contribution in [0, 0.1) is 5.82 Å². The molecule has 0 unspecified atom stereocenters. The van der Waals surface area contributed by atoms with Crippen LogP contribution in [-0.4, -0.2) is 51.6 Å². The van der Waals surface area contributed by atoms with Crippen LogP contribution in [0.3, 0.4) is 0 Å². The van der Waals surface area contributed by atoms with Gasteiger partial charge in [0.1, 0.15) is 25.5 Å². The van der Waals surface area contributed by atoms with Crippen LogP contribution in [0.25, 0.3) is 0 Å². The highest BCUT2D eigenvalue weighted by Gasteiger charge is 2.17. The lowest BCUT2D eigenvalue weighted by molar-refractivity contribution is -0.900. The molecule has 1 fully saturated rings. The molecule has 160 valence electrons. The Hall–Kier alpha value is -2.97. The minimum Gasteiger partial charge on any atom is -0.490 e. The second kappa shape index (κ2) is 11.3. The maximum atomic E-state index is 13.0. The molecule has 7 nitrogen and oxygen atoms in total. The lowest BCUT2D eigenvalue weighted by Gasteiger charge is -2.22. The number of carbonyl (C=O) groups is 1. The number of halogens is 1. The van der Waals surface area contributed by atoms with E-state index in [1.807, 2.05) is 13.0 Å². The summed E-state index contributed by atoms with van der Waals surface area (Å²) in [7, 11) is 0. The zero-order chi connectivity index (χ0) is 21.2. The van der Waals surface area contributed by atoms with E-state index in [9.17, 15) is 9.18 Å². The van der Waals surface area contributed by atoms with Gasteiger partial charge in [0.25, 0.3) is 5.91 Å².